The third-order valence-corrected chi connectivity index (χ3v) is 3.64. The number of fused-ring (bicyclic) bond motifs is 1. The summed E-state index contributed by atoms with van der Waals surface area (Å²) in [5.74, 6) is -2.13. The number of phenolic OH excluding ortho intramolecular Hbond substituents is 4. The first kappa shape index (κ1) is 19.9. The van der Waals surface area contributed by atoms with Crippen molar-refractivity contribution in [2.75, 3.05) is 0 Å². The molecule has 6 heteroatoms. The van der Waals surface area contributed by atoms with Crippen LogP contribution in [-0.2, 0) is 9.53 Å². The average molecular weight is 370 g/mol. The zero-order valence-corrected chi connectivity index (χ0v) is 15.6. The molecule has 142 valence electrons. The maximum absolute atomic E-state index is 12.1. The maximum atomic E-state index is 12.1. The van der Waals surface area contributed by atoms with Gasteiger partial charge in [-0.1, -0.05) is 17.2 Å². The monoisotopic (exact) mass is 370 g/mol. The van der Waals surface area contributed by atoms with E-state index in [1.165, 1.54) is 24.3 Å². The molecule has 0 aliphatic carbocycles. The van der Waals surface area contributed by atoms with Gasteiger partial charge in [0.05, 0.1) is 16.3 Å². The van der Waals surface area contributed by atoms with Gasteiger partial charge >= 0.3 is 5.97 Å². The van der Waals surface area contributed by atoms with E-state index in [-0.39, 0.29) is 39.3 Å². The molecule has 0 saturated carbocycles. The van der Waals surface area contributed by atoms with Crippen LogP contribution in [0, 0.1) is 0 Å². The zero-order valence-electron chi connectivity index (χ0n) is 15.6. The molecular formula is C21H22O6. The lowest BCUT2D eigenvalue weighted by Crippen LogP contribution is -2.02. The second-order valence-electron chi connectivity index (χ2n) is 6.56. The van der Waals surface area contributed by atoms with Gasteiger partial charge in [-0.05, 0) is 52.0 Å². The van der Waals surface area contributed by atoms with Crippen molar-refractivity contribution in [1.82, 2.24) is 0 Å². The van der Waals surface area contributed by atoms with Crippen molar-refractivity contribution >= 4 is 22.5 Å². The van der Waals surface area contributed by atoms with E-state index >= 15 is 0 Å². The van der Waals surface area contributed by atoms with E-state index in [1.54, 1.807) is 19.9 Å². The van der Waals surface area contributed by atoms with E-state index < -0.39 is 11.7 Å². The second kappa shape index (κ2) is 7.86. The van der Waals surface area contributed by atoms with Crippen molar-refractivity contribution in [1.29, 1.82) is 0 Å². The number of aromatic hydroxyl groups is 4. The summed E-state index contributed by atoms with van der Waals surface area (Å²) in [6.45, 7) is 7.16. The van der Waals surface area contributed by atoms with E-state index in [2.05, 4.69) is 0 Å². The van der Waals surface area contributed by atoms with Gasteiger partial charge in [0.25, 0.3) is 0 Å². The number of ether oxygens (including phenoxy) is 1. The molecule has 0 radical (unpaired) electrons. The first-order chi connectivity index (χ1) is 12.6. The number of rotatable bonds is 4. The van der Waals surface area contributed by atoms with Gasteiger partial charge in [0.15, 0.2) is 0 Å². The van der Waals surface area contributed by atoms with Crippen LogP contribution in [0.2, 0.25) is 0 Å². The van der Waals surface area contributed by atoms with Gasteiger partial charge in [0.2, 0.25) is 0 Å². The van der Waals surface area contributed by atoms with Crippen molar-refractivity contribution < 1.29 is 30.0 Å². The standard InChI is InChI=1S/C21H22O6/c1-11(2)5-8-17(27-18(25)9-12(3)4)13-10-16(24)19-14(22)6-7-15(23)20(19)21(13)26/h5-10,22-24,26H,1-4H3. The Morgan fingerprint density at radius 1 is 0.852 bits per heavy atom. The van der Waals surface area contributed by atoms with Crippen molar-refractivity contribution in [3.8, 4) is 23.0 Å². The Morgan fingerprint density at radius 2 is 1.44 bits per heavy atom. The Kier molecular flexibility index (Phi) is 5.80. The highest BCUT2D eigenvalue weighted by atomic mass is 16.5. The number of phenols is 4. The summed E-state index contributed by atoms with van der Waals surface area (Å²) in [6.07, 6.45) is 4.44. The molecule has 0 aliphatic heterocycles. The van der Waals surface area contributed by atoms with Crippen LogP contribution in [0.25, 0.3) is 16.5 Å². The van der Waals surface area contributed by atoms with Gasteiger partial charge in [-0.2, -0.15) is 0 Å². The molecule has 4 N–H and O–H groups in total. The highest BCUT2D eigenvalue weighted by molar-refractivity contribution is 6.04. The normalized spacial score (nSPS) is 11.2. The summed E-state index contributed by atoms with van der Waals surface area (Å²) in [4.78, 5) is 12.1. The molecule has 6 nitrogen and oxygen atoms in total. The third kappa shape index (κ3) is 4.41. The molecule has 0 bridgehead atoms. The van der Waals surface area contributed by atoms with Crippen molar-refractivity contribution in [2.24, 2.45) is 0 Å². The summed E-state index contributed by atoms with van der Waals surface area (Å²) in [7, 11) is 0. The highest BCUT2D eigenvalue weighted by Gasteiger charge is 2.21. The lowest BCUT2D eigenvalue weighted by atomic mass is 10.0. The van der Waals surface area contributed by atoms with Crippen LogP contribution in [-0.4, -0.2) is 26.4 Å². The predicted octanol–water partition coefficient (Wildman–Crippen LogP) is 4.48. The van der Waals surface area contributed by atoms with Crippen LogP contribution in [0.5, 0.6) is 23.0 Å². The number of benzene rings is 2. The lowest BCUT2D eigenvalue weighted by molar-refractivity contribution is -0.131. The molecule has 0 spiro atoms. The van der Waals surface area contributed by atoms with Crippen LogP contribution >= 0.6 is 0 Å². The Morgan fingerprint density at radius 3 is 2.00 bits per heavy atom. The Labute approximate surface area is 157 Å². The van der Waals surface area contributed by atoms with E-state index in [9.17, 15) is 25.2 Å². The summed E-state index contributed by atoms with van der Waals surface area (Å²) in [5.41, 5.74) is 1.64. The minimum absolute atomic E-state index is 0.00564. The third-order valence-electron chi connectivity index (χ3n) is 3.64. The molecule has 0 amide bonds. The second-order valence-corrected chi connectivity index (χ2v) is 6.56. The van der Waals surface area contributed by atoms with Crippen LogP contribution < -0.4 is 0 Å². The summed E-state index contributed by atoms with van der Waals surface area (Å²) < 4.78 is 5.34. The van der Waals surface area contributed by atoms with Gasteiger partial charge < -0.3 is 25.2 Å². The Bertz CT molecular complexity index is 988. The zero-order chi connectivity index (χ0) is 20.3. The topological polar surface area (TPSA) is 107 Å². The first-order valence-corrected chi connectivity index (χ1v) is 8.23. The first-order valence-electron chi connectivity index (χ1n) is 8.23. The smallest absolute Gasteiger partial charge is 0.336 e. The van der Waals surface area contributed by atoms with E-state index in [0.29, 0.717) is 0 Å². The fourth-order valence-electron chi connectivity index (χ4n) is 2.47. The maximum Gasteiger partial charge on any atom is 0.336 e. The van der Waals surface area contributed by atoms with Gasteiger partial charge in [-0.3, -0.25) is 0 Å². The quantitative estimate of drug-likeness (QED) is 0.208. The predicted molar refractivity (Wildman–Crippen MR) is 104 cm³/mol. The number of allylic oxidation sites excluding steroid dienone is 4. The minimum atomic E-state index is -0.650. The van der Waals surface area contributed by atoms with Crippen molar-refractivity contribution in [3.05, 3.63) is 53.1 Å². The van der Waals surface area contributed by atoms with Crippen molar-refractivity contribution in [3.63, 3.8) is 0 Å². The molecule has 0 saturated heterocycles. The number of hydrogen-bond donors (Lipinski definition) is 4. The Balaban J connectivity index is 2.74. The number of esters is 1. The molecule has 0 atom stereocenters. The highest BCUT2D eigenvalue weighted by Crippen LogP contribution is 2.46. The molecule has 2 aromatic carbocycles. The molecule has 0 aromatic heterocycles. The van der Waals surface area contributed by atoms with Gasteiger partial charge in [0.1, 0.15) is 28.8 Å². The SMILES string of the molecule is CC(C)=CC=C(OC(=O)C=C(C)C)c1cc(O)c2c(O)ccc(O)c2c1O. The summed E-state index contributed by atoms with van der Waals surface area (Å²) >= 11 is 0. The minimum Gasteiger partial charge on any atom is -0.507 e. The molecule has 0 unspecified atom stereocenters. The number of carbonyl (C=O) groups excluding carboxylic acids is 1. The number of carbonyl (C=O) groups is 1. The van der Waals surface area contributed by atoms with Gasteiger partial charge in [0, 0.05) is 6.08 Å². The average Bonchev–Trinajstić information content (AvgIpc) is 2.56. The van der Waals surface area contributed by atoms with E-state index in [1.807, 2.05) is 13.8 Å². The lowest BCUT2D eigenvalue weighted by Gasteiger charge is -2.14. The number of hydrogen-bond acceptors (Lipinski definition) is 6. The molecule has 2 aromatic rings. The molecule has 0 heterocycles. The van der Waals surface area contributed by atoms with Gasteiger partial charge in [-0.25, -0.2) is 4.79 Å². The molecule has 0 aliphatic rings. The van der Waals surface area contributed by atoms with E-state index in [4.69, 9.17) is 4.74 Å². The van der Waals surface area contributed by atoms with Crippen LogP contribution in [0.15, 0.2) is 47.6 Å². The largest absolute Gasteiger partial charge is 0.507 e. The fourth-order valence-corrected chi connectivity index (χ4v) is 2.47. The Hall–Kier alpha value is -3.41. The molecule has 0 fully saturated rings. The van der Waals surface area contributed by atoms with Gasteiger partial charge in [-0.15, -0.1) is 0 Å². The summed E-state index contributed by atoms with van der Waals surface area (Å²) in [5, 5.41) is 40.8. The summed E-state index contributed by atoms with van der Waals surface area (Å²) in [6, 6.07) is 3.55. The fraction of sp³-hybridized carbons (Fsp3) is 0.190. The molecule has 27 heavy (non-hydrogen) atoms. The van der Waals surface area contributed by atoms with Crippen molar-refractivity contribution in [2.45, 2.75) is 27.7 Å². The van der Waals surface area contributed by atoms with Crippen LogP contribution in [0.1, 0.15) is 33.3 Å². The molecular weight excluding hydrogens is 348 g/mol. The van der Waals surface area contributed by atoms with Crippen LogP contribution in [0.4, 0.5) is 0 Å². The van der Waals surface area contributed by atoms with E-state index in [0.717, 1.165) is 17.2 Å². The van der Waals surface area contributed by atoms with Crippen LogP contribution in [0.3, 0.4) is 0 Å². The molecule has 2 rings (SSSR count).